The van der Waals surface area contributed by atoms with Crippen molar-refractivity contribution < 1.29 is 44.4 Å². The van der Waals surface area contributed by atoms with E-state index in [0.717, 1.165) is 18.5 Å². The first-order valence-corrected chi connectivity index (χ1v) is 11.7. The highest BCUT2D eigenvalue weighted by atomic mass is 32.2. The maximum atomic E-state index is 15.0. The Bertz CT molecular complexity index is 1270. The van der Waals surface area contributed by atoms with Gasteiger partial charge in [-0.1, -0.05) is 6.92 Å². The number of aromatic nitrogens is 2. The van der Waals surface area contributed by atoms with E-state index in [4.69, 9.17) is 4.74 Å². The largest absolute Gasteiger partial charge is 0.573 e. The van der Waals surface area contributed by atoms with Crippen LogP contribution in [0.4, 0.5) is 33.6 Å². The minimum Gasteiger partial charge on any atom is -0.486 e. The smallest absolute Gasteiger partial charge is 0.486 e. The summed E-state index contributed by atoms with van der Waals surface area (Å²) in [5.41, 5.74) is 0.442. The summed E-state index contributed by atoms with van der Waals surface area (Å²) in [5, 5.41) is 9.17. The normalized spacial score (nSPS) is 11.8. The van der Waals surface area contributed by atoms with Crippen molar-refractivity contribution in [3.05, 3.63) is 53.9 Å². The number of hydrogen-bond acceptors (Lipinski definition) is 9. The Morgan fingerprint density at radius 1 is 1.11 bits per heavy atom. The second-order valence-corrected chi connectivity index (χ2v) is 8.66. The summed E-state index contributed by atoms with van der Waals surface area (Å²) >= 11 is 0. The Labute approximate surface area is 201 Å². The van der Waals surface area contributed by atoms with Crippen LogP contribution in [0.1, 0.15) is 12.5 Å². The van der Waals surface area contributed by atoms with Crippen LogP contribution >= 0.6 is 0 Å². The van der Waals surface area contributed by atoms with E-state index in [1.165, 1.54) is 6.07 Å². The van der Waals surface area contributed by atoms with Crippen LogP contribution in [0, 0.1) is 11.6 Å². The molecule has 0 aliphatic rings. The number of likely N-dealkylation sites (N-methyl/N-ethyl adjacent to an activating group) is 1. The Kier molecular flexibility index (Phi) is 8.52. The molecule has 0 spiro atoms. The van der Waals surface area contributed by atoms with E-state index in [0.29, 0.717) is 31.8 Å². The highest BCUT2D eigenvalue weighted by Crippen LogP contribution is 2.31. The first-order valence-electron chi connectivity index (χ1n) is 10.2. The molecule has 3 N–H and O–H groups in total. The molecule has 1 heterocycles. The molecule has 0 fully saturated rings. The first-order chi connectivity index (χ1) is 17.0. The van der Waals surface area contributed by atoms with Gasteiger partial charge in [-0.3, -0.25) is 0 Å². The number of rotatable bonds is 12. The fraction of sp³-hybridized carbons (Fsp3) is 0.300. The lowest BCUT2D eigenvalue weighted by Crippen LogP contribution is -2.22. The van der Waals surface area contributed by atoms with Gasteiger partial charge in [-0.25, -0.2) is 21.9 Å². The number of nitrogens with zero attached hydrogens (tertiary/aromatic N) is 2. The van der Waals surface area contributed by atoms with Gasteiger partial charge in [0, 0.05) is 36.5 Å². The van der Waals surface area contributed by atoms with Crippen molar-refractivity contribution in [1.29, 1.82) is 0 Å². The zero-order chi connectivity index (χ0) is 26.3. The fourth-order valence-corrected chi connectivity index (χ4v) is 3.94. The lowest BCUT2D eigenvalue weighted by Gasteiger charge is -2.17. The SMILES string of the molecule is CCNCCNc1cc(OC(F)(F)F)ccc1COc1cc(F)cc(S(=O)(=O)Nc2ncon2)c1F. The van der Waals surface area contributed by atoms with Gasteiger partial charge >= 0.3 is 6.36 Å². The van der Waals surface area contributed by atoms with Crippen molar-refractivity contribution in [2.24, 2.45) is 0 Å². The molecule has 0 radical (unpaired) electrons. The zero-order valence-corrected chi connectivity index (χ0v) is 19.3. The molecule has 16 heteroatoms. The quantitative estimate of drug-likeness (QED) is 0.234. The van der Waals surface area contributed by atoms with Crippen LogP contribution in [0.3, 0.4) is 0 Å². The van der Waals surface area contributed by atoms with Crippen molar-refractivity contribution in [3.63, 3.8) is 0 Å². The van der Waals surface area contributed by atoms with Gasteiger partial charge in [0.2, 0.25) is 6.39 Å². The molecule has 0 amide bonds. The number of anilines is 2. The molecule has 0 aliphatic carbocycles. The molecule has 10 nitrogen and oxygen atoms in total. The molecule has 196 valence electrons. The van der Waals surface area contributed by atoms with E-state index >= 15 is 0 Å². The van der Waals surface area contributed by atoms with Crippen molar-refractivity contribution >= 4 is 21.7 Å². The molecule has 2 aromatic carbocycles. The van der Waals surface area contributed by atoms with Crippen molar-refractivity contribution in [1.82, 2.24) is 15.5 Å². The van der Waals surface area contributed by atoms with Gasteiger partial charge in [0.1, 0.15) is 23.1 Å². The highest BCUT2D eigenvalue weighted by molar-refractivity contribution is 7.92. The van der Waals surface area contributed by atoms with Crippen LogP contribution in [0.5, 0.6) is 11.5 Å². The summed E-state index contributed by atoms with van der Waals surface area (Å²) in [6.45, 7) is 2.88. The van der Waals surface area contributed by atoms with E-state index in [1.807, 2.05) is 11.6 Å². The maximum Gasteiger partial charge on any atom is 0.573 e. The predicted molar refractivity (Wildman–Crippen MR) is 116 cm³/mol. The van der Waals surface area contributed by atoms with Gasteiger partial charge in [0.25, 0.3) is 16.0 Å². The van der Waals surface area contributed by atoms with Gasteiger partial charge in [-0.05, 0) is 29.9 Å². The van der Waals surface area contributed by atoms with Crippen LogP contribution in [0.25, 0.3) is 0 Å². The fourth-order valence-electron chi connectivity index (χ4n) is 2.89. The van der Waals surface area contributed by atoms with Gasteiger partial charge in [0.15, 0.2) is 11.6 Å². The average Bonchev–Trinajstić information content (AvgIpc) is 3.29. The minimum atomic E-state index is -4.92. The molecule has 1 aromatic heterocycles. The number of nitrogens with one attached hydrogen (secondary N) is 3. The molecule has 3 aromatic rings. The third-order valence-corrected chi connectivity index (χ3v) is 5.74. The molecule has 0 aliphatic heterocycles. The van der Waals surface area contributed by atoms with E-state index in [1.54, 1.807) is 0 Å². The minimum absolute atomic E-state index is 0.179. The third-order valence-electron chi connectivity index (χ3n) is 4.41. The Morgan fingerprint density at radius 2 is 1.89 bits per heavy atom. The second kappa shape index (κ2) is 11.4. The topological polar surface area (TPSA) is 128 Å². The molecule has 0 saturated heterocycles. The van der Waals surface area contributed by atoms with Crippen LogP contribution in [-0.4, -0.2) is 44.6 Å². The molecule has 3 rings (SSSR count). The Morgan fingerprint density at radius 3 is 2.56 bits per heavy atom. The van der Waals surface area contributed by atoms with Gasteiger partial charge in [0.05, 0.1) is 0 Å². The summed E-state index contributed by atoms with van der Waals surface area (Å²) in [5.74, 6) is -4.30. The van der Waals surface area contributed by atoms with Gasteiger partial charge in [-0.2, -0.15) is 4.98 Å². The molecule has 0 atom stereocenters. The maximum absolute atomic E-state index is 15.0. The first kappa shape index (κ1) is 26.9. The van der Waals surface area contributed by atoms with Crippen molar-refractivity contribution in [3.8, 4) is 11.5 Å². The number of hydrogen-bond donors (Lipinski definition) is 3. The number of halogens is 5. The molecule has 0 saturated carbocycles. The molecule has 0 bridgehead atoms. The summed E-state index contributed by atoms with van der Waals surface area (Å²) < 4.78 is 107. The van der Waals surface area contributed by atoms with E-state index < -0.39 is 57.0 Å². The molecule has 0 unspecified atom stereocenters. The van der Waals surface area contributed by atoms with Gasteiger partial charge in [-0.15, -0.1) is 13.2 Å². The number of sulfonamides is 1. The summed E-state index contributed by atoms with van der Waals surface area (Å²) in [6, 6.07) is 4.39. The monoisotopic (exact) mass is 537 g/mol. The predicted octanol–water partition coefficient (Wildman–Crippen LogP) is 3.65. The third kappa shape index (κ3) is 7.42. The Balaban J connectivity index is 1.84. The second-order valence-electron chi connectivity index (χ2n) is 7.01. The standard InChI is InChI=1S/C20H20F5N5O5S/c1-2-26-5-6-27-15-9-14(35-20(23,24)25)4-3-12(15)10-33-16-7-13(21)8-17(18(16)22)36(31,32)30-19-28-11-34-29-19/h3-4,7-9,11,26-27H,2,5-6,10H2,1H3,(H,29,30). The van der Waals surface area contributed by atoms with E-state index in [9.17, 15) is 30.4 Å². The van der Waals surface area contributed by atoms with Crippen LogP contribution in [-0.2, 0) is 16.6 Å². The van der Waals surface area contributed by atoms with Crippen LogP contribution in [0.2, 0.25) is 0 Å². The molecule has 36 heavy (non-hydrogen) atoms. The number of benzene rings is 2. The lowest BCUT2D eigenvalue weighted by atomic mass is 10.1. The van der Waals surface area contributed by atoms with Gasteiger partial charge < -0.3 is 24.6 Å². The van der Waals surface area contributed by atoms with Crippen molar-refractivity contribution in [2.75, 3.05) is 29.7 Å². The highest BCUT2D eigenvalue weighted by Gasteiger charge is 2.31. The molecular formula is C20H20F5N5O5S. The molecular weight excluding hydrogens is 517 g/mol. The van der Waals surface area contributed by atoms with Crippen molar-refractivity contribution in [2.45, 2.75) is 24.8 Å². The zero-order valence-electron chi connectivity index (χ0n) is 18.5. The number of ether oxygens (including phenoxy) is 2. The van der Waals surface area contributed by atoms with E-state index in [-0.39, 0.29) is 11.3 Å². The summed E-state index contributed by atoms with van der Waals surface area (Å²) in [4.78, 5) is 2.36. The number of alkyl halides is 3. The van der Waals surface area contributed by atoms with E-state index in [2.05, 4.69) is 30.0 Å². The summed E-state index contributed by atoms with van der Waals surface area (Å²) in [6.07, 6.45) is -4.09. The average molecular weight is 537 g/mol. The summed E-state index contributed by atoms with van der Waals surface area (Å²) in [7, 11) is -4.66. The van der Waals surface area contributed by atoms with Crippen LogP contribution in [0.15, 0.2) is 46.1 Å². The Hall–Kier alpha value is -3.66. The van der Waals surface area contributed by atoms with Crippen LogP contribution < -0.4 is 24.8 Å². The lowest BCUT2D eigenvalue weighted by molar-refractivity contribution is -0.274.